The molecule has 1 heterocycles. The zero-order chi connectivity index (χ0) is 27.3. The van der Waals surface area contributed by atoms with Crippen molar-refractivity contribution >= 4 is 26.8 Å². The number of hydrogen-bond acceptors (Lipinski definition) is 5. The molecule has 5 N–H and O–H groups in total. The van der Waals surface area contributed by atoms with Gasteiger partial charge in [0.25, 0.3) is 5.91 Å². The van der Waals surface area contributed by atoms with Crippen molar-refractivity contribution in [2.75, 3.05) is 6.61 Å². The van der Waals surface area contributed by atoms with Crippen LogP contribution in [0.2, 0.25) is 0 Å². The summed E-state index contributed by atoms with van der Waals surface area (Å²) in [4.78, 5) is 16.5. The minimum Gasteiger partial charge on any atom is -0.490 e. The van der Waals surface area contributed by atoms with Gasteiger partial charge in [-0.05, 0) is 68.3 Å². The monoisotopic (exact) mass is 531 g/mol. The molecule has 196 valence electrons. The first kappa shape index (κ1) is 26.9. The van der Waals surface area contributed by atoms with E-state index in [9.17, 15) is 18.3 Å². The molecule has 0 saturated heterocycles. The Balaban J connectivity index is 1.59. The highest BCUT2D eigenvalue weighted by Crippen LogP contribution is 2.23. The number of fused-ring (bicyclic) bond motifs is 1. The Morgan fingerprint density at radius 2 is 1.79 bits per heavy atom. The summed E-state index contributed by atoms with van der Waals surface area (Å²) in [6.45, 7) is 3.48. The molecule has 4 aromatic rings. The number of aliphatic hydroxyl groups is 1. The minimum atomic E-state index is -3.85. The number of primary sulfonamides is 1. The average Bonchev–Trinajstić information content (AvgIpc) is 3.29. The van der Waals surface area contributed by atoms with E-state index in [-0.39, 0.29) is 23.2 Å². The third kappa shape index (κ3) is 6.61. The summed E-state index contributed by atoms with van der Waals surface area (Å²) in [5.41, 5.74) is 3.24. The van der Waals surface area contributed by atoms with Crippen LogP contribution in [0.25, 0.3) is 10.9 Å². The average molecular weight is 532 g/mol. The predicted octanol–water partition coefficient (Wildman–Crippen LogP) is 3.34. The SMILES string of the molecule is CC(C)Oc1ccc(C#Cc2cccc(S(N)(=O)=O)c2)cc1C(=O)N[C@@H](CO)Cc1c[nH]c2ccccc12. The van der Waals surface area contributed by atoms with Gasteiger partial charge in [-0.3, -0.25) is 4.79 Å². The van der Waals surface area contributed by atoms with E-state index in [4.69, 9.17) is 9.88 Å². The molecule has 1 atom stereocenters. The van der Waals surface area contributed by atoms with E-state index in [0.717, 1.165) is 16.5 Å². The van der Waals surface area contributed by atoms with Crippen LogP contribution in [0.15, 0.2) is 77.8 Å². The second-order valence-corrected chi connectivity index (χ2v) is 10.7. The smallest absolute Gasteiger partial charge is 0.255 e. The van der Waals surface area contributed by atoms with Crippen molar-refractivity contribution in [1.82, 2.24) is 10.3 Å². The molecule has 0 aliphatic carbocycles. The number of para-hydroxylation sites is 1. The van der Waals surface area contributed by atoms with Crippen molar-refractivity contribution < 1.29 is 23.1 Å². The van der Waals surface area contributed by atoms with Crippen molar-refractivity contribution in [2.45, 2.75) is 37.3 Å². The van der Waals surface area contributed by atoms with Crippen LogP contribution in [0.3, 0.4) is 0 Å². The van der Waals surface area contributed by atoms with E-state index in [1.54, 1.807) is 30.3 Å². The van der Waals surface area contributed by atoms with Gasteiger partial charge in [-0.1, -0.05) is 36.1 Å². The molecule has 0 bridgehead atoms. The van der Waals surface area contributed by atoms with E-state index < -0.39 is 22.0 Å². The summed E-state index contributed by atoms with van der Waals surface area (Å²) < 4.78 is 29.1. The summed E-state index contributed by atoms with van der Waals surface area (Å²) >= 11 is 0. The van der Waals surface area contributed by atoms with Crippen LogP contribution in [0, 0.1) is 11.8 Å². The number of rotatable bonds is 8. The van der Waals surface area contributed by atoms with Crippen molar-refractivity contribution in [3.63, 3.8) is 0 Å². The van der Waals surface area contributed by atoms with Gasteiger partial charge in [0.1, 0.15) is 5.75 Å². The largest absolute Gasteiger partial charge is 0.490 e. The third-order valence-corrected chi connectivity index (χ3v) is 6.71. The number of amides is 1. The molecule has 8 nitrogen and oxygen atoms in total. The normalized spacial score (nSPS) is 12.1. The molecule has 3 aromatic carbocycles. The second-order valence-electron chi connectivity index (χ2n) is 9.12. The summed E-state index contributed by atoms with van der Waals surface area (Å²) in [6.07, 6.45) is 2.15. The molecular formula is C29H29N3O5S. The standard InChI is InChI=1S/C29H29N3O5S/c1-19(2)37-28-13-12-21(11-10-20-6-5-7-24(14-20)38(30,35)36)15-26(28)29(34)32-23(18-33)16-22-17-31-27-9-4-3-8-25(22)27/h3-9,12-15,17,19,23,31,33H,16,18H2,1-2H3,(H,32,34)(H2,30,35,36)/t23-/m1/s1. The van der Waals surface area contributed by atoms with Gasteiger partial charge < -0.3 is 20.1 Å². The molecule has 4 rings (SSSR count). The first-order valence-corrected chi connectivity index (χ1v) is 13.6. The fraction of sp³-hybridized carbons (Fsp3) is 0.207. The zero-order valence-corrected chi connectivity index (χ0v) is 21.9. The number of carbonyl (C=O) groups excluding carboxylic acids is 1. The number of aliphatic hydroxyl groups excluding tert-OH is 1. The van der Waals surface area contributed by atoms with Crippen LogP contribution in [-0.4, -0.2) is 43.2 Å². The third-order valence-electron chi connectivity index (χ3n) is 5.80. The van der Waals surface area contributed by atoms with Gasteiger partial charge in [-0.25, -0.2) is 13.6 Å². The maximum atomic E-state index is 13.4. The Morgan fingerprint density at radius 1 is 1.05 bits per heavy atom. The number of benzene rings is 3. The van der Waals surface area contributed by atoms with Gasteiger partial charge in [0.05, 0.1) is 29.2 Å². The van der Waals surface area contributed by atoms with Crippen molar-refractivity contribution in [1.29, 1.82) is 0 Å². The van der Waals surface area contributed by atoms with E-state index in [1.807, 2.05) is 44.3 Å². The highest BCUT2D eigenvalue weighted by atomic mass is 32.2. The second kappa shape index (κ2) is 11.5. The quantitative estimate of drug-likeness (QED) is 0.259. The molecule has 0 saturated carbocycles. The molecule has 38 heavy (non-hydrogen) atoms. The summed E-state index contributed by atoms with van der Waals surface area (Å²) in [5.74, 6) is 5.87. The topological polar surface area (TPSA) is 135 Å². The number of ether oxygens (including phenoxy) is 1. The van der Waals surface area contributed by atoms with Crippen LogP contribution < -0.4 is 15.2 Å². The Labute approximate surface area is 221 Å². The first-order valence-electron chi connectivity index (χ1n) is 12.1. The van der Waals surface area contributed by atoms with Crippen LogP contribution in [-0.2, 0) is 16.4 Å². The molecule has 9 heteroatoms. The van der Waals surface area contributed by atoms with Gasteiger partial charge in [0.2, 0.25) is 10.0 Å². The van der Waals surface area contributed by atoms with E-state index in [2.05, 4.69) is 22.1 Å². The lowest BCUT2D eigenvalue weighted by molar-refractivity contribution is 0.0910. The number of nitrogens with one attached hydrogen (secondary N) is 2. The number of H-pyrrole nitrogens is 1. The molecule has 0 unspecified atom stereocenters. The van der Waals surface area contributed by atoms with Crippen LogP contribution in [0.1, 0.15) is 40.9 Å². The van der Waals surface area contributed by atoms with Crippen LogP contribution >= 0.6 is 0 Å². The predicted molar refractivity (Wildman–Crippen MR) is 146 cm³/mol. The minimum absolute atomic E-state index is 0.0321. The van der Waals surface area contributed by atoms with Gasteiger partial charge in [-0.15, -0.1) is 0 Å². The lowest BCUT2D eigenvalue weighted by atomic mass is 10.0. The van der Waals surface area contributed by atoms with E-state index >= 15 is 0 Å². The number of aromatic nitrogens is 1. The highest BCUT2D eigenvalue weighted by Gasteiger charge is 2.19. The van der Waals surface area contributed by atoms with Gasteiger partial charge in [0, 0.05) is 28.2 Å². The van der Waals surface area contributed by atoms with Gasteiger partial charge in [0.15, 0.2) is 0 Å². The molecule has 1 amide bonds. The number of aromatic amines is 1. The molecule has 0 aliphatic heterocycles. The van der Waals surface area contributed by atoms with E-state index in [1.165, 1.54) is 12.1 Å². The Hall–Kier alpha value is -4.10. The summed E-state index contributed by atoms with van der Waals surface area (Å²) in [5, 5.41) is 19.2. The van der Waals surface area contributed by atoms with Crippen LogP contribution in [0.5, 0.6) is 5.75 Å². The van der Waals surface area contributed by atoms with Crippen molar-refractivity contribution in [3.05, 3.63) is 95.2 Å². The van der Waals surface area contributed by atoms with Crippen molar-refractivity contribution in [3.8, 4) is 17.6 Å². The number of nitrogens with two attached hydrogens (primary N) is 1. The molecule has 0 spiro atoms. The molecule has 0 aliphatic rings. The summed E-state index contributed by atoms with van der Waals surface area (Å²) in [7, 11) is -3.85. The molecule has 0 fully saturated rings. The van der Waals surface area contributed by atoms with E-state index in [0.29, 0.717) is 23.3 Å². The first-order chi connectivity index (χ1) is 18.1. The fourth-order valence-corrected chi connectivity index (χ4v) is 4.59. The zero-order valence-electron chi connectivity index (χ0n) is 21.1. The number of sulfonamides is 1. The maximum Gasteiger partial charge on any atom is 0.255 e. The number of carbonyl (C=O) groups is 1. The molecular weight excluding hydrogens is 502 g/mol. The Bertz CT molecular complexity index is 1630. The Morgan fingerprint density at radius 3 is 2.50 bits per heavy atom. The van der Waals surface area contributed by atoms with Gasteiger partial charge in [-0.2, -0.15) is 0 Å². The highest BCUT2D eigenvalue weighted by molar-refractivity contribution is 7.89. The Kier molecular flexibility index (Phi) is 8.17. The fourth-order valence-electron chi connectivity index (χ4n) is 4.03. The molecule has 1 aromatic heterocycles. The number of hydrogen-bond donors (Lipinski definition) is 4. The lowest BCUT2D eigenvalue weighted by Gasteiger charge is -2.19. The maximum absolute atomic E-state index is 13.4. The summed E-state index contributed by atoms with van der Waals surface area (Å²) in [6, 6.07) is 18.4. The molecule has 0 radical (unpaired) electrons. The lowest BCUT2D eigenvalue weighted by Crippen LogP contribution is -2.39. The van der Waals surface area contributed by atoms with Crippen LogP contribution in [0.4, 0.5) is 0 Å². The van der Waals surface area contributed by atoms with Gasteiger partial charge >= 0.3 is 0 Å². The van der Waals surface area contributed by atoms with Crippen molar-refractivity contribution in [2.24, 2.45) is 5.14 Å².